The lowest BCUT2D eigenvalue weighted by Gasteiger charge is -2.33. The first-order chi connectivity index (χ1) is 10.8. The van der Waals surface area contributed by atoms with Gasteiger partial charge in [-0.15, -0.1) is 24.0 Å². The van der Waals surface area contributed by atoms with Crippen molar-refractivity contribution in [2.24, 2.45) is 4.99 Å². The molecule has 6 heteroatoms. The van der Waals surface area contributed by atoms with Gasteiger partial charge in [-0.2, -0.15) is 0 Å². The van der Waals surface area contributed by atoms with Crippen LogP contribution in [0.15, 0.2) is 4.99 Å². The fraction of sp³-hybridized carbons (Fsp3) is 0.941. The van der Waals surface area contributed by atoms with Crippen molar-refractivity contribution in [3.63, 3.8) is 0 Å². The zero-order valence-corrected chi connectivity index (χ0v) is 17.6. The predicted molar refractivity (Wildman–Crippen MR) is 110 cm³/mol. The number of guanidine groups is 1. The van der Waals surface area contributed by atoms with Crippen LogP contribution in [0.2, 0.25) is 0 Å². The average Bonchev–Trinajstić information content (AvgIpc) is 2.52. The molecule has 0 saturated carbocycles. The minimum atomic E-state index is 0. The fourth-order valence-corrected chi connectivity index (χ4v) is 2.80. The summed E-state index contributed by atoms with van der Waals surface area (Å²) in [6.45, 7) is 13.2. The molecule has 1 saturated heterocycles. The molecule has 1 heterocycles. The Bertz CT molecular complexity index is 302. The summed E-state index contributed by atoms with van der Waals surface area (Å²) >= 11 is 0. The Morgan fingerprint density at radius 2 is 2.04 bits per heavy atom. The average molecular weight is 440 g/mol. The topological polar surface area (TPSA) is 48.9 Å². The normalized spacial score (nSPS) is 19.3. The van der Waals surface area contributed by atoms with Crippen molar-refractivity contribution in [2.75, 3.05) is 45.9 Å². The van der Waals surface area contributed by atoms with E-state index in [9.17, 15) is 0 Å². The fourth-order valence-electron chi connectivity index (χ4n) is 2.80. The van der Waals surface area contributed by atoms with E-state index in [2.05, 4.69) is 34.4 Å². The Kier molecular flexibility index (Phi) is 15.4. The summed E-state index contributed by atoms with van der Waals surface area (Å²) in [4.78, 5) is 7.22. The van der Waals surface area contributed by atoms with Crippen molar-refractivity contribution < 1.29 is 4.74 Å². The van der Waals surface area contributed by atoms with Crippen molar-refractivity contribution in [3.05, 3.63) is 0 Å². The van der Waals surface area contributed by atoms with E-state index in [1.165, 1.54) is 25.8 Å². The molecule has 0 aliphatic carbocycles. The van der Waals surface area contributed by atoms with E-state index in [0.717, 1.165) is 64.2 Å². The molecule has 0 amide bonds. The summed E-state index contributed by atoms with van der Waals surface area (Å²) in [5.74, 6) is 0.948. The van der Waals surface area contributed by atoms with Crippen molar-refractivity contribution in [1.29, 1.82) is 0 Å². The first-order valence-electron chi connectivity index (χ1n) is 9.11. The molecular formula is C17H37IN4O. The van der Waals surface area contributed by atoms with Gasteiger partial charge in [0.15, 0.2) is 5.96 Å². The maximum absolute atomic E-state index is 5.34. The SMILES string of the molecule is CCNC(=NCCCCOCC)NCCN1CCCCC1C.I. The molecule has 1 aliphatic heterocycles. The highest BCUT2D eigenvalue weighted by molar-refractivity contribution is 14.0. The molecule has 1 aliphatic rings. The summed E-state index contributed by atoms with van der Waals surface area (Å²) in [6, 6.07) is 0.730. The van der Waals surface area contributed by atoms with E-state index in [0.29, 0.717) is 0 Å². The highest BCUT2D eigenvalue weighted by Crippen LogP contribution is 2.15. The number of hydrogen-bond acceptors (Lipinski definition) is 3. The molecule has 0 bridgehead atoms. The van der Waals surface area contributed by atoms with Crippen LogP contribution < -0.4 is 10.6 Å². The Labute approximate surface area is 160 Å². The van der Waals surface area contributed by atoms with Gasteiger partial charge in [0.25, 0.3) is 0 Å². The zero-order valence-electron chi connectivity index (χ0n) is 15.3. The Hall–Kier alpha value is -0.0800. The van der Waals surface area contributed by atoms with Crippen LogP contribution >= 0.6 is 24.0 Å². The number of likely N-dealkylation sites (tertiary alicyclic amines) is 1. The van der Waals surface area contributed by atoms with Crippen LogP contribution in [0.25, 0.3) is 0 Å². The molecule has 5 nitrogen and oxygen atoms in total. The van der Waals surface area contributed by atoms with Gasteiger partial charge in [-0.25, -0.2) is 0 Å². The molecule has 0 spiro atoms. The Morgan fingerprint density at radius 1 is 1.22 bits per heavy atom. The van der Waals surface area contributed by atoms with Gasteiger partial charge >= 0.3 is 0 Å². The molecular weight excluding hydrogens is 403 g/mol. The van der Waals surface area contributed by atoms with Crippen LogP contribution in [0.3, 0.4) is 0 Å². The smallest absolute Gasteiger partial charge is 0.191 e. The third kappa shape index (κ3) is 11.2. The van der Waals surface area contributed by atoms with E-state index in [1.807, 2.05) is 6.92 Å². The summed E-state index contributed by atoms with van der Waals surface area (Å²) < 4.78 is 5.34. The van der Waals surface area contributed by atoms with Gasteiger partial charge in [-0.05, 0) is 53.0 Å². The van der Waals surface area contributed by atoms with E-state index in [4.69, 9.17) is 4.74 Å². The number of unbranched alkanes of at least 4 members (excludes halogenated alkanes) is 1. The van der Waals surface area contributed by atoms with Crippen LogP contribution in [0, 0.1) is 0 Å². The molecule has 1 fully saturated rings. The number of ether oxygens (including phenoxy) is 1. The second kappa shape index (κ2) is 15.4. The summed E-state index contributed by atoms with van der Waals surface area (Å²) in [7, 11) is 0. The zero-order chi connectivity index (χ0) is 16.0. The summed E-state index contributed by atoms with van der Waals surface area (Å²) in [6.07, 6.45) is 6.24. The van der Waals surface area contributed by atoms with E-state index < -0.39 is 0 Å². The maximum Gasteiger partial charge on any atom is 0.191 e. The van der Waals surface area contributed by atoms with Crippen molar-refractivity contribution in [1.82, 2.24) is 15.5 Å². The predicted octanol–water partition coefficient (Wildman–Crippen LogP) is 2.85. The van der Waals surface area contributed by atoms with Crippen molar-refractivity contribution >= 4 is 29.9 Å². The van der Waals surface area contributed by atoms with Crippen LogP contribution in [0.1, 0.15) is 52.9 Å². The minimum absolute atomic E-state index is 0. The lowest BCUT2D eigenvalue weighted by Crippen LogP contribution is -2.45. The third-order valence-corrected chi connectivity index (χ3v) is 4.15. The monoisotopic (exact) mass is 440 g/mol. The second-order valence-electron chi connectivity index (χ2n) is 5.97. The molecule has 138 valence electrons. The number of nitrogens with one attached hydrogen (secondary N) is 2. The molecule has 0 aromatic rings. The number of rotatable bonds is 10. The van der Waals surface area contributed by atoms with Crippen molar-refractivity contribution in [2.45, 2.75) is 58.9 Å². The minimum Gasteiger partial charge on any atom is -0.382 e. The van der Waals surface area contributed by atoms with E-state index in [1.54, 1.807) is 0 Å². The molecule has 1 atom stereocenters. The highest BCUT2D eigenvalue weighted by atomic mass is 127. The van der Waals surface area contributed by atoms with E-state index in [-0.39, 0.29) is 24.0 Å². The van der Waals surface area contributed by atoms with Crippen LogP contribution in [0.5, 0.6) is 0 Å². The number of nitrogens with zero attached hydrogens (tertiary/aromatic N) is 2. The second-order valence-corrected chi connectivity index (χ2v) is 5.97. The number of aliphatic imine (C=N–C) groups is 1. The maximum atomic E-state index is 5.34. The van der Waals surface area contributed by atoms with Crippen LogP contribution in [0.4, 0.5) is 0 Å². The summed E-state index contributed by atoms with van der Waals surface area (Å²) in [5, 5.41) is 6.78. The first-order valence-corrected chi connectivity index (χ1v) is 9.11. The van der Waals surface area contributed by atoms with Gasteiger partial charge in [0.05, 0.1) is 0 Å². The molecule has 1 rings (SSSR count). The van der Waals surface area contributed by atoms with Gasteiger partial charge in [0.1, 0.15) is 0 Å². The van der Waals surface area contributed by atoms with Gasteiger partial charge < -0.3 is 15.4 Å². The van der Waals surface area contributed by atoms with Crippen molar-refractivity contribution in [3.8, 4) is 0 Å². The largest absolute Gasteiger partial charge is 0.382 e. The lowest BCUT2D eigenvalue weighted by molar-refractivity contribution is 0.144. The molecule has 0 radical (unpaired) electrons. The number of halogens is 1. The Morgan fingerprint density at radius 3 is 2.74 bits per heavy atom. The molecule has 0 aromatic carbocycles. The van der Waals surface area contributed by atoms with Gasteiger partial charge in [0, 0.05) is 45.4 Å². The van der Waals surface area contributed by atoms with Crippen LogP contribution in [-0.4, -0.2) is 62.8 Å². The number of piperidine rings is 1. The van der Waals surface area contributed by atoms with Crippen LogP contribution in [-0.2, 0) is 4.74 Å². The summed E-state index contributed by atoms with van der Waals surface area (Å²) in [5.41, 5.74) is 0. The molecule has 23 heavy (non-hydrogen) atoms. The molecule has 2 N–H and O–H groups in total. The quantitative estimate of drug-likeness (QED) is 0.238. The standard InChI is InChI=1S/C17H36N4O.HI/c1-4-18-17(19-11-7-9-15-22-5-2)20-12-14-21-13-8-6-10-16(21)3;/h16H,4-15H2,1-3H3,(H2,18,19,20);1H. The molecule has 0 aromatic heterocycles. The lowest BCUT2D eigenvalue weighted by atomic mass is 10.0. The first kappa shape index (κ1) is 22.9. The van der Waals surface area contributed by atoms with Gasteiger partial charge in [-0.3, -0.25) is 9.89 Å². The molecule has 1 unspecified atom stereocenters. The van der Waals surface area contributed by atoms with Gasteiger partial charge in [0.2, 0.25) is 0 Å². The third-order valence-electron chi connectivity index (χ3n) is 4.15. The van der Waals surface area contributed by atoms with Gasteiger partial charge in [-0.1, -0.05) is 6.42 Å². The highest BCUT2D eigenvalue weighted by Gasteiger charge is 2.17. The Balaban J connectivity index is 0.00000484. The van der Waals surface area contributed by atoms with E-state index >= 15 is 0 Å². The number of hydrogen-bond donors (Lipinski definition) is 2.